The van der Waals surface area contributed by atoms with Crippen molar-refractivity contribution in [3.63, 3.8) is 0 Å². The first kappa shape index (κ1) is 19.2. The minimum Gasteiger partial charge on any atom is -0.280 e. The van der Waals surface area contributed by atoms with Crippen molar-refractivity contribution in [2.45, 2.75) is 23.9 Å². The average molecular weight is 396 g/mol. The highest BCUT2D eigenvalue weighted by Gasteiger charge is 2.29. The normalized spacial score (nSPS) is 11.9. The van der Waals surface area contributed by atoms with Crippen LogP contribution < -0.4 is 11.2 Å². The van der Waals surface area contributed by atoms with Crippen molar-refractivity contribution >= 4 is 22.8 Å². The van der Waals surface area contributed by atoms with E-state index in [-0.39, 0.29) is 11.0 Å². The lowest BCUT2D eigenvalue weighted by molar-refractivity contribution is -0.137. The van der Waals surface area contributed by atoms with E-state index in [2.05, 4.69) is 9.97 Å². The summed E-state index contributed by atoms with van der Waals surface area (Å²) < 4.78 is 40.2. The van der Waals surface area contributed by atoms with Gasteiger partial charge in [0.05, 0.1) is 5.56 Å². The third kappa shape index (κ3) is 3.61. The van der Waals surface area contributed by atoms with E-state index in [1.807, 2.05) is 0 Å². The second-order valence-electron chi connectivity index (χ2n) is 5.96. The number of nitrogens with zero attached hydrogens (tertiary/aromatic N) is 4. The van der Waals surface area contributed by atoms with Crippen molar-refractivity contribution in [1.29, 1.82) is 0 Å². The lowest BCUT2D eigenvalue weighted by Gasteiger charge is -2.11. The van der Waals surface area contributed by atoms with Crippen LogP contribution in [0, 0.1) is 6.92 Å². The number of alkyl halides is 3. The third-order valence-corrected chi connectivity index (χ3v) is 5.08. The highest BCUT2D eigenvalue weighted by atomic mass is 32.2. The Hall–Kier alpha value is -2.62. The molecule has 0 unspecified atom stereocenters. The van der Waals surface area contributed by atoms with Crippen LogP contribution in [0.3, 0.4) is 0 Å². The number of fused-ring (bicyclic) bond motifs is 1. The Balaban J connectivity index is 2.00. The number of rotatable bonds is 3. The van der Waals surface area contributed by atoms with E-state index in [0.29, 0.717) is 22.2 Å². The van der Waals surface area contributed by atoms with E-state index >= 15 is 0 Å². The van der Waals surface area contributed by atoms with Gasteiger partial charge in [0.25, 0.3) is 5.56 Å². The van der Waals surface area contributed by atoms with Gasteiger partial charge >= 0.3 is 11.9 Å². The Morgan fingerprint density at radius 3 is 2.26 bits per heavy atom. The molecule has 0 atom stereocenters. The van der Waals surface area contributed by atoms with Crippen LogP contribution >= 0.6 is 11.8 Å². The number of halogens is 3. The average Bonchev–Trinajstić information content (AvgIpc) is 2.62. The Morgan fingerprint density at radius 1 is 1.04 bits per heavy atom. The molecule has 0 bridgehead atoms. The minimum atomic E-state index is -4.39. The highest BCUT2D eigenvalue weighted by molar-refractivity contribution is 7.98. The first-order chi connectivity index (χ1) is 12.6. The molecule has 1 aromatic carbocycles. The third-order valence-electron chi connectivity index (χ3n) is 4.04. The second-order valence-corrected chi connectivity index (χ2v) is 6.93. The quantitative estimate of drug-likeness (QED) is 0.503. The summed E-state index contributed by atoms with van der Waals surface area (Å²) in [5.74, 6) is 0.705. The Bertz CT molecular complexity index is 1130. The maximum atomic E-state index is 12.7. The maximum Gasteiger partial charge on any atom is 0.416 e. The summed E-state index contributed by atoms with van der Waals surface area (Å²) in [6, 6.07) is 4.81. The molecule has 0 amide bonds. The Kier molecular flexibility index (Phi) is 4.85. The van der Waals surface area contributed by atoms with Crippen molar-refractivity contribution in [3.8, 4) is 0 Å². The van der Waals surface area contributed by atoms with E-state index in [4.69, 9.17) is 0 Å². The molecule has 2 aromatic heterocycles. The lowest BCUT2D eigenvalue weighted by atomic mass is 10.1. The number of aromatic nitrogens is 4. The molecular formula is C17H15F3N4O2S. The highest BCUT2D eigenvalue weighted by Crippen LogP contribution is 2.30. The van der Waals surface area contributed by atoms with Gasteiger partial charge in [0.1, 0.15) is 16.2 Å². The molecule has 142 valence electrons. The predicted molar refractivity (Wildman–Crippen MR) is 95.8 cm³/mol. The number of hydrogen-bond acceptors (Lipinski definition) is 5. The molecule has 0 fully saturated rings. The van der Waals surface area contributed by atoms with Crippen molar-refractivity contribution in [3.05, 3.63) is 62.1 Å². The molecule has 0 radical (unpaired) electrons. The molecule has 3 rings (SSSR count). The zero-order valence-electron chi connectivity index (χ0n) is 14.7. The lowest BCUT2D eigenvalue weighted by Crippen LogP contribution is -2.37. The molecule has 6 nitrogen and oxygen atoms in total. The van der Waals surface area contributed by atoms with Crippen LogP contribution in [0.4, 0.5) is 13.2 Å². The Morgan fingerprint density at radius 2 is 1.67 bits per heavy atom. The fourth-order valence-corrected chi connectivity index (χ4v) is 3.59. The molecule has 0 saturated heterocycles. The summed E-state index contributed by atoms with van der Waals surface area (Å²) in [7, 11) is 2.88. The minimum absolute atomic E-state index is 0.210. The van der Waals surface area contributed by atoms with Gasteiger partial charge in [0.15, 0.2) is 5.65 Å². The molecule has 3 aromatic rings. The van der Waals surface area contributed by atoms with Crippen molar-refractivity contribution in [1.82, 2.24) is 19.1 Å². The SMILES string of the molecule is Cc1nc(SCc2ccc(C(F)(F)F)cc2)c2c(=O)n(C)c(=O)n(C)c2n1. The van der Waals surface area contributed by atoms with Crippen LogP contribution in [0.25, 0.3) is 11.0 Å². The van der Waals surface area contributed by atoms with Crippen LogP contribution in [0.2, 0.25) is 0 Å². The summed E-state index contributed by atoms with van der Waals surface area (Å²) in [4.78, 5) is 33.1. The number of hydrogen-bond donors (Lipinski definition) is 0. The van der Waals surface area contributed by atoms with Crippen molar-refractivity contribution in [2.75, 3.05) is 0 Å². The predicted octanol–water partition coefficient (Wildman–Crippen LogP) is 2.65. The van der Waals surface area contributed by atoms with Gasteiger partial charge in [-0.2, -0.15) is 13.2 Å². The Labute approximate surface area is 155 Å². The molecule has 27 heavy (non-hydrogen) atoms. The van der Waals surface area contributed by atoms with E-state index in [0.717, 1.165) is 16.7 Å². The summed E-state index contributed by atoms with van der Waals surface area (Å²) in [5, 5.41) is 0.593. The molecule has 0 aliphatic heterocycles. The first-order valence-corrected chi connectivity index (χ1v) is 8.81. The molecule has 0 N–H and O–H groups in total. The molecule has 0 spiro atoms. The summed E-state index contributed by atoms with van der Waals surface area (Å²) in [5.41, 5.74) is -0.847. The molecule has 10 heteroatoms. The van der Waals surface area contributed by atoms with Crippen LogP contribution in [0.15, 0.2) is 38.9 Å². The van der Waals surface area contributed by atoms with Gasteiger partial charge in [-0.3, -0.25) is 13.9 Å². The van der Waals surface area contributed by atoms with Gasteiger partial charge in [0, 0.05) is 19.8 Å². The van der Waals surface area contributed by atoms with E-state index < -0.39 is 23.0 Å². The van der Waals surface area contributed by atoms with Crippen LogP contribution in [0.1, 0.15) is 17.0 Å². The number of aryl methyl sites for hydroxylation is 2. The monoisotopic (exact) mass is 396 g/mol. The molecule has 2 heterocycles. The van der Waals surface area contributed by atoms with E-state index in [9.17, 15) is 22.8 Å². The van der Waals surface area contributed by atoms with Gasteiger partial charge < -0.3 is 0 Å². The summed E-state index contributed by atoms with van der Waals surface area (Å²) in [6.45, 7) is 1.64. The molecule has 0 saturated carbocycles. The van der Waals surface area contributed by atoms with Crippen molar-refractivity contribution in [2.24, 2.45) is 14.1 Å². The van der Waals surface area contributed by atoms with E-state index in [1.165, 1.54) is 42.6 Å². The van der Waals surface area contributed by atoms with Crippen LogP contribution in [0.5, 0.6) is 0 Å². The number of benzene rings is 1. The second kappa shape index (κ2) is 6.84. The van der Waals surface area contributed by atoms with Gasteiger partial charge in [-0.1, -0.05) is 12.1 Å². The molecule has 0 aliphatic rings. The smallest absolute Gasteiger partial charge is 0.280 e. The molecular weight excluding hydrogens is 381 g/mol. The van der Waals surface area contributed by atoms with Gasteiger partial charge in [0.2, 0.25) is 0 Å². The first-order valence-electron chi connectivity index (χ1n) is 7.83. The topological polar surface area (TPSA) is 69.8 Å². The summed E-state index contributed by atoms with van der Waals surface area (Å²) >= 11 is 1.21. The van der Waals surface area contributed by atoms with Crippen LogP contribution in [-0.2, 0) is 26.0 Å². The zero-order chi connectivity index (χ0) is 19.9. The van der Waals surface area contributed by atoms with Gasteiger partial charge in [-0.15, -0.1) is 11.8 Å². The zero-order valence-corrected chi connectivity index (χ0v) is 15.5. The van der Waals surface area contributed by atoms with Gasteiger partial charge in [-0.25, -0.2) is 14.8 Å². The van der Waals surface area contributed by atoms with E-state index in [1.54, 1.807) is 6.92 Å². The fourth-order valence-electron chi connectivity index (χ4n) is 2.58. The number of thioether (sulfide) groups is 1. The fraction of sp³-hybridized carbons (Fsp3) is 0.294. The molecule has 0 aliphatic carbocycles. The largest absolute Gasteiger partial charge is 0.416 e. The van der Waals surface area contributed by atoms with Crippen molar-refractivity contribution < 1.29 is 13.2 Å². The van der Waals surface area contributed by atoms with Gasteiger partial charge in [-0.05, 0) is 24.6 Å². The van der Waals surface area contributed by atoms with Crippen LogP contribution in [-0.4, -0.2) is 19.1 Å². The standard InChI is InChI=1S/C17H15F3N4O2S/c1-9-21-13-12(15(25)24(3)16(26)23(13)2)14(22-9)27-8-10-4-6-11(7-5-10)17(18,19)20/h4-7H,8H2,1-3H3. The summed E-state index contributed by atoms with van der Waals surface area (Å²) in [6.07, 6.45) is -4.39. The maximum absolute atomic E-state index is 12.7.